The van der Waals surface area contributed by atoms with E-state index >= 15 is 8.78 Å². The van der Waals surface area contributed by atoms with Gasteiger partial charge in [0, 0.05) is 154 Å². The number of pyridine rings is 2. The third-order valence-corrected chi connectivity index (χ3v) is 20.8. The summed E-state index contributed by atoms with van der Waals surface area (Å²) >= 11 is 2.84. The molecule has 0 bridgehead atoms. The van der Waals surface area contributed by atoms with Crippen LogP contribution in [0.1, 0.15) is 191 Å². The first kappa shape index (κ1) is 93.5. The van der Waals surface area contributed by atoms with Crippen molar-refractivity contribution < 1.29 is 155 Å². The first-order valence-electron chi connectivity index (χ1n) is 35.0. The quantitative estimate of drug-likeness (QED) is 0.0234. The standard InChI is InChI=1S/C38H45F4N3O6S.C36H41F4N3O6S.CH4O.2CH4.K.H2O/c1-4-10-32-37(51-27-23-26(3)52-25-27,15-9-19-45(32)34(47)28-24-43-18-14-29(28)38(40,41)42)35(48)44-20-16-36(39,17-21-44)30-11-6-7-12-31(30)50-22-8-13-33(46)49-5-2;1-3-8-30-35(49-25-21-24(2)50-23-25,13-7-17-43(30)32(46)26-22-41-16-12-27(26)36(38,39)40)33(47)42-18-14-34(37,15-19-42)28-9-4-5-10-29(28)48-20-6-11-31(44)45;1-2;;;;/h6-7,11-12,14,18,23-25,32H,4-5,8-10,13,15-17,19-22H2,1-3H3;4-5,9-10,12,16,21-23,30H,3,6-8,11,13-15,17-20H2,1-2H3,(H,44,45);2H,1H3;2*1H4;;1H2/q;;;;;+1;/p-1/t32-,37+;30-,35+;;;;;/m11...../s1. The van der Waals surface area contributed by atoms with Crippen molar-refractivity contribution in [3.8, 4) is 23.0 Å². The van der Waals surface area contributed by atoms with Crippen LogP contribution in [-0.4, -0.2) is 170 Å². The summed E-state index contributed by atoms with van der Waals surface area (Å²) in [6.07, 6.45) is -2.65. The number of benzene rings is 2. The fourth-order valence-corrected chi connectivity index (χ4v) is 15.5. The molecule has 4 amide bonds. The van der Waals surface area contributed by atoms with Gasteiger partial charge in [0.2, 0.25) is 11.2 Å². The number of ether oxygens (including phenoxy) is 5. The van der Waals surface area contributed by atoms with Gasteiger partial charge in [-0.2, -0.15) is 26.3 Å². The molecule has 31 heteroatoms. The molecule has 0 saturated carbocycles. The summed E-state index contributed by atoms with van der Waals surface area (Å²) in [4.78, 5) is 95.7. The van der Waals surface area contributed by atoms with E-state index in [2.05, 4.69) is 9.97 Å². The average Bonchev–Trinajstić information content (AvgIpc) is 0.926. The van der Waals surface area contributed by atoms with Crippen molar-refractivity contribution in [2.75, 3.05) is 66.2 Å². The summed E-state index contributed by atoms with van der Waals surface area (Å²) in [6.45, 7) is 10.2. The van der Waals surface area contributed by atoms with Crippen molar-refractivity contribution in [3.63, 3.8) is 0 Å². The molecule has 20 nitrogen and oxygen atoms in total. The monoisotopic (exact) mass is 1590 g/mol. The number of rotatable bonds is 25. The Morgan fingerprint density at radius 3 is 1.30 bits per heavy atom. The number of carboxylic acids is 1. The van der Waals surface area contributed by atoms with E-state index in [-0.39, 0.29) is 214 Å². The molecule has 108 heavy (non-hydrogen) atoms. The van der Waals surface area contributed by atoms with E-state index in [1.807, 2.05) is 27.7 Å². The third-order valence-electron chi connectivity index (χ3n) is 19.1. The second kappa shape index (κ2) is 42.0. The van der Waals surface area contributed by atoms with E-state index in [9.17, 15) is 55.1 Å². The van der Waals surface area contributed by atoms with Crippen LogP contribution in [0.25, 0.3) is 0 Å². The Labute approximate surface area is 676 Å². The fraction of sp³-hybridized carbons (Fsp3) is 0.532. The van der Waals surface area contributed by atoms with Crippen LogP contribution in [0.5, 0.6) is 23.0 Å². The first-order chi connectivity index (χ1) is 49.6. The van der Waals surface area contributed by atoms with E-state index in [0.29, 0.717) is 59.8 Å². The Bertz CT molecular complexity index is 3890. The van der Waals surface area contributed by atoms with Gasteiger partial charge in [0.05, 0.1) is 54.2 Å². The summed E-state index contributed by atoms with van der Waals surface area (Å²) in [5.41, 5.74) is -9.65. The Kier molecular flexibility index (Phi) is 36.4. The summed E-state index contributed by atoms with van der Waals surface area (Å²) in [7, 11) is 1.00. The van der Waals surface area contributed by atoms with Gasteiger partial charge in [-0.25, -0.2) is 8.78 Å². The van der Waals surface area contributed by atoms with E-state index in [4.69, 9.17) is 33.9 Å². The van der Waals surface area contributed by atoms with Crippen LogP contribution < -0.4 is 70.3 Å². The molecule has 0 unspecified atom stereocenters. The topological polar surface area (TPSA) is 258 Å². The molecule has 3 N–H and O–H groups in total. The number of para-hydroxylation sites is 2. The molecule has 2 aromatic carbocycles. The van der Waals surface area contributed by atoms with Crippen LogP contribution in [0.4, 0.5) is 35.1 Å². The van der Waals surface area contributed by atoms with Gasteiger partial charge in [0.15, 0.2) is 0 Å². The molecule has 0 aliphatic carbocycles. The normalized spacial score (nSPS) is 19.4. The number of aliphatic hydroxyl groups is 1. The third kappa shape index (κ3) is 22.5. The van der Waals surface area contributed by atoms with Crippen LogP contribution in [0.15, 0.2) is 108 Å². The molecular weight excluding hydrogens is 1490 g/mol. The Hall–Kier alpha value is -6.84. The maximum atomic E-state index is 16.8. The van der Waals surface area contributed by atoms with Gasteiger partial charge >= 0.3 is 75.7 Å². The van der Waals surface area contributed by atoms with Crippen LogP contribution in [-0.2, 0) is 47.6 Å². The number of amides is 4. The van der Waals surface area contributed by atoms with Crippen molar-refractivity contribution in [3.05, 3.63) is 151 Å². The summed E-state index contributed by atoms with van der Waals surface area (Å²) in [5, 5.41) is 19.5. The Morgan fingerprint density at radius 1 is 0.574 bits per heavy atom. The van der Waals surface area contributed by atoms with E-state index < -0.39 is 98.8 Å². The van der Waals surface area contributed by atoms with Gasteiger partial charge in [-0.15, -0.1) is 22.7 Å². The molecule has 4 atom stereocenters. The number of halogens is 8. The number of thiophene rings is 2. The van der Waals surface area contributed by atoms with Crippen molar-refractivity contribution in [1.82, 2.24) is 29.6 Å². The van der Waals surface area contributed by atoms with Gasteiger partial charge in [0.1, 0.15) is 34.3 Å². The van der Waals surface area contributed by atoms with Gasteiger partial charge in [0.25, 0.3) is 23.6 Å². The second-order valence-electron chi connectivity index (χ2n) is 26.0. The molecule has 4 aromatic heterocycles. The molecule has 0 radical (unpaired) electrons. The summed E-state index contributed by atoms with van der Waals surface area (Å²) < 4.78 is 148. The van der Waals surface area contributed by atoms with Crippen LogP contribution in [0, 0.1) is 13.8 Å². The minimum atomic E-state index is -4.80. The van der Waals surface area contributed by atoms with Gasteiger partial charge in [-0.1, -0.05) is 77.9 Å². The van der Waals surface area contributed by atoms with Crippen LogP contribution in [0.2, 0.25) is 0 Å². The number of hydrogen-bond acceptors (Lipinski definition) is 17. The van der Waals surface area contributed by atoms with Crippen LogP contribution in [0.3, 0.4) is 0 Å². The molecule has 4 fully saturated rings. The molecule has 4 aliphatic heterocycles. The van der Waals surface area contributed by atoms with Gasteiger partial charge < -0.3 is 59.0 Å². The minimum Gasteiger partial charge on any atom is -0.870 e. The predicted octanol–water partition coefficient (Wildman–Crippen LogP) is 13.0. The number of carboxylic acid groups (broad SMARTS) is 1. The van der Waals surface area contributed by atoms with Crippen molar-refractivity contribution in [2.45, 2.75) is 199 Å². The van der Waals surface area contributed by atoms with Crippen molar-refractivity contribution >= 4 is 58.2 Å². The number of carbonyl (C=O) groups excluding carboxylic acids is 5. The number of aliphatic hydroxyl groups excluding tert-OH is 1. The Morgan fingerprint density at radius 2 is 0.954 bits per heavy atom. The maximum Gasteiger partial charge on any atom is 1.00 e. The molecule has 10 rings (SSSR count). The zero-order chi connectivity index (χ0) is 75.6. The molecule has 6 aromatic rings. The number of nitrogens with zero attached hydrogens (tertiary/aromatic N) is 6. The Balaban J connectivity index is 0.000000431. The first-order valence-corrected chi connectivity index (χ1v) is 36.7. The number of alkyl halides is 8. The maximum absolute atomic E-state index is 16.8. The molecule has 0 spiro atoms. The van der Waals surface area contributed by atoms with E-state index in [1.54, 1.807) is 83.2 Å². The summed E-state index contributed by atoms with van der Waals surface area (Å²) in [6, 6.07) is 16.8. The minimum absolute atomic E-state index is 0. The number of carbonyl (C=O) groups is 6. The number of aryl methyl sites for hydroxylation is 2. The zero-order valence-corrected chi connectivity index (χ0v) is 65.3. The average molecular weight is 1590 g/mol. The molecular formula is C77H99F8KN6O14S2. The van der Waals surface area contributed by atoms with Crippen LogP contribution >= 0.6 is 22.7 Å². The molecule has 8 heterocycles. The number of hydrogen-bond donors (Lipinski definition) is 2. The molecule has 4 aliphatic rings. The fourth-order valence-electron chi connectivity index (χ4n) is 14.3. The van der Waals surface area contributed by atoms with E-state index in [1.165, 1.54) is 37.4 Å². The number of esters is 1. The molecule has 4 saturated heterocycles. The van der Waals surface area contributed by atoms with Gasteiger partial charge in [-0.3, -0.25) is 38.7 Å². The number of aliphatic carboxylic acids is 1. The van der Waals surface area contributed by atoms with Gasteiger partial charge in [-0.05, 0) is 95.7 Å². The zero-order valence-electron chi connectivity index (χ0n) is 60.6. The smallest absolute Gasteiger partial charge is 0.870 e. The summed E-state index contributed by atoms with van der Waals surface area (Å²) in [5.74, 6) is -2.40. The predicted molar refractivity (Wildman–Crippen MR) is 389 cm³/mol. The number of aromatic nitrogens is 2. The van der Waals surface area contributed by atoms with E-state index in [0.717, 1.165) is 53.8 Å². The molecule has 590 valence electrons. The number of piperidine rings is 4. The largest absolute Gasteiger partial charge is 1.00 e. The van der Waals surface area contributed by atoms with Crippen molar-refractivity contribution in [1.29, 1.82) is 0 Å². The van der Waals surface area contributed by atoms with Crippen molar-refractivity contribution in [2.24, 2.45) is 0 Å². The SMILES string of the molecule is C.C.CCC[C@H]1N(C(=O)c2cnccc2C(F)(F)F)CCC[C@@]1(Oc1csc(C)c1)C(=O)N1CCC(F)(c2ccccc2OCCCC(=O)O)CC1.CCC[C@H]1N(C(=O)c2cnccc2C(F)(F)F)CCC[C@@]1(Oc1csc(C)c1)C(=O)N1CCC(F)(c2ccccc2OCCCC(=O)OCC)CC1.CO.[K+].[OH-]. The number of likely N-dealkylation sites (tertiary alicyclic amines) is 4. The second-order valence-corrected chi connectivity index (χ2v) is 28.3.